The van der Waals surface area contributed by atoms with Gasteiger partial charge in [-0.25, -0.2) is 4.99 Å². The number of rotatable bonds is 11. The monoisotopic (exact) mass is 563 g/mol. The van der Waals surface area contributed by atoms with Gasteiger partial charge in [0.05, 0.1) is 17.2 Å². The predicted octanol–water partition coefficient (Wildman–Crippen LogP) is 8.09. The Labute approximate surface area is 250 Å². The molecule has 0 bridgehead atoms. The molecule has 6 nitrogen and oxygen atoms in total. The summed E-state index contributed by atoms with van der Waals surface area (Å²) >= 11 is 0. The van der Waals surface area contributed by atoms with Crippen LogP contribution in [0.3, 0.4) is 0 Å². The Bertz CT molecular complexity index is 1520. The number of aliphatic imine (C=N–C) groups is 1. The van der Waals surface area contributed by atoms with E-state index in [1.807, 2.05) is 69.3 Å². The van der Waals surface area contributed by atoms with Crippen LogP contribution in [-0.4, -0.2) is 24.1 Å². The molecule has 2 N–H and O–H groups in total. The second-order valence-corrected chi connectivity index (χ2v) is 10.6. The summed E-state index contributed by atoms with van der Waals surface area (Å²) in [7, 11) is 0. The highest BCUT2D eigenvalue weighted by atomic mass is 16.5. The Hall–Kier alpha value is -4.71. The molecule has 0 heterocycles. The molecular weight excluding hydrogens is 522 g/mol. The first-order chi connectivity index (χ1) is 20.0. The van der Waals surface area contributed by atoms with Gasteiger partial charge in [0.1, 0.15) is 5.76 Å². The maximum Gasteiger partial charge on any atom is 0.251 e. The topological polar surface area (TPSA) is 79.8 Å². The third-order valence-corrected chi connectivity index (χ3v) is 7.01. The number of hydrogen-bond donors (Lipinski definition) is 2. The fourth-order valence-electron chi connectivity index (χ4n) is 4.30. The molecule has 2 aromatic carbocycles. The van der Waals surface area contributed by atoms with Crippen LogP contribution in [0.2, 0.25) is 0 Å². The van der Waals surface area contributed by atoms with Gasteiger partial charge in [-0.3, -0.25) is 9.59 Å². The molecule has 42 heavy (non-hydrogen) atoms. The van der Waals surface area contributed by atoms with Crippen molar-refractivity contribution in [1.29, 1.82) is 0 Å². The lowest BCUT2D eigenvalue weighted by molar-refractivity contribution is -0.112. The zero-order valence-corrected chi connectivity index (χ0v) is 25.5. The number of nitrogens with zero attached hydrogens (tertiary/aromatic N) is 1. The Morgan fingerprint density at radius 2 is 1.62 bits per heavy atom. The fraction of sp³-hybridized carbons (Fsp3) is 0.250. The quantitative estimate of drug-likeness (QED) is 0.214. The van der Waals surface area contributed by atoms with E-state index < -0.39 is 0 Å². The van der Waals surface area contributed by atoms with E-state index in [9.17, 15) is 9.59 Å². The molecular formula is C36H41N3O3. The van der Waals surface area contributed by atoms with Crippen molar-refractivity contribution >= 4 is 28.9 Å². The second-order valence-electron chi connectivity index (χ2n) is 10.6. The number of anilines is 1. The number of carbonyl (C=O) groups excluding carboxylic acids is 2. The van der Waals surface area contributed by atoms with Crippen molar-refractivity contribution in [2.45, 2.75) is 48.0 Å². The zero-order chi connectivity index (χ0) is 30.8. The van der Waals surface area contributed by atoms with E-state index in [0.717, 1.165) is 28.0 Å². The highest BCUT2D eigenvalue weighted by Crippen LogP contribution is 2.23. The maximum absolute atomic E-state index is 13.2. The number of carbonyl (C=O) groups is 2. The summed E-state index contributed by atoms with van der Waals surface area (Å²) in [6.07, 6.45) is 8.08. The lowest BCUT2D eigenvalue weighted by Gasteiger charge is -2.16. The van der Waals surface area contributed by atoms with Crippen LogP contribution < -0.4 is 10.6 Å². The van der Waals surface area contributed by atoms with Gasteiger partial charge in [-0.1, -0.05) is 69.5 Å². The molecule has 0 atom stereocenters. The Morgan fingerprint density at radius 3 is 2.26 bits per heavy atom. The van der Waals surface area contributed by atoms with Crippen LogP contribution in [0.15, 0.2) is 119 Å². The lowest BCUT2D eigenvalue weighted by atomic mass is 9.98. The van der Waals surface area contributed by atoms with E-state index in [1.54, 1.807) is 31.2 Å². The molecule has 2 amide bonds. The number of aryl methyl sites for hydroxylation is 1. The van der Waals surface area contributed by atoms with E-state index in [0.29, 0.717) is 52.9 Å². The smallest absolute Gasteiger partial charge is 0.251 e. The molecule has 6 heteroatoms. The molecule has 1 aliphatic carbocycles. The molecule has 3 rings (SSSR count). The second kappa shape index (κ2) is 14.8. The average Bonchev–Trinajstić information content (AvgIpc) is 2.96. The SMILES string of the molecule is C=C(C)O/C(CCNC(=O)c1ccc(NC(=O)/C(C)=C2\C=CC=CC2=NC(=C)c2ccccc2C)cc1)=C(/C)C(C)C. The summed E-state index contributed by atoms with van der Waals surface area (Å²) < 4.78 is 5.80. The first-order valence-corrected chi connectivity index (χ1v) is 14.1. The van der Waals surface area contributed by atoms with E-state index in [2.05, 4.69) is 37.6 Å². The predicted molar refractivity (Wildman–Crippen MR) is 174 cm³/mol. The number of benzene rings is 2. The van der Waals surface area contributed by atoms with Gasteiger partial charge in [0.15, 0.2) is 0 Å². The van der Waals surface area contributed by atoms with Crippen LogP contribution >= 0.6 is 0 Å². The van der Waals surface area contributed by atoms with E-state index in [4.69, 9.17) is 9.73 Å². The molecule has 0 saturated heterocycles. The van der Waals surface area contributed by atoms with Crippen LogP contribution in [0.25, 0.3) is 5.70 Å². The molecule has 1 aliphatic rings. The average molecular weight is 564 g/mol. The van der Waals surface area contributed by atoms with E-state index in [1.165, 1.54) is 0 Å². The summed E-state index contributed by atoms with van der Waals surface area (Å²) in [5, 5.41) is 5.87. The van der Waals surface area contributed by atoms with Gasteiger partial charge in [-0.15, -0.1) is 0 Å². The summed E-state index contributed by atoms with van der Waals surface area (Å²) in [5.74, 6) is 1.33. The van der Waals surface area contributed by atoms with Crippen molar-refractivity contribution in [2.75, 3.05) is 11.9 Å². The normalized spacial score (nSPS) is 15.3. The Kier molecular flexibility index (Phi) is 11.2. The molecule has 0 radical (unpaired) electrons. The molecule has 218 valence electrons. The van der Waals surface area contributed by atoms with Gasteiger partial charge in [0.25, 0.3) is 11.8 Å². The van der Waals surface area contributed by atoms with Gasteiger partial charge in [0.2, 0.25) is 0 Å². The van der Waals surface area contributed by atoms with E-state index in [-0.39, 0.29) is 11.8 Å². The zero-order valence-electron chi connectivity index (χ0n) is 25.5. The first kappa shape index (κ1) is 31.8. The summed E-state index contributed by atoms with van der Waals surface area (Å²) in [6.45, 7) is 20.2. The standard InChI is InChI=1S/C36H41N3O3/c1-23(2)26(6)34(42-24(3)4)21-22-37-36(41)29-17-19-30(20-18-29)39-35(40)27(7)32-15-11-12-16-33(32)38-28(8)31-14-10-9-13-25(31)5/h9-20,23H,3,8,21-22H2,1-2,4-7H3,(H,37,41)(H,39,40)/b32-27+,34-26-,38-33?. The van der Waals surface area contributed by atoms with Crippen LogP contribution in [-0.2, 0) is 9.53 Å². The largest absolute Gasteiger partial charge is 0.467 e. The Morgan fingerprint density at radius 1 is 0.952 bits per heavy atom. The molecule has 0 saturated carbocycles. The van der Waals surface area contributed by atoms with Gasteiger partial charge in [-0.05, 0) is 75.1 Å². The van der Waals surface area contributed by atoms with Crippen molar-refractivity contribution < 1.29 is 14.3 Å². The van der Waals surface area contributed by atoms with Crippen molar-refractivity contribution in [3.05, 3.63) is 131 Å². The van der Waals surface area contributed by atoms with Gasteiger partial charge in [0, 0.05) is 40.9 Å². The fourth-order valence-corrected chi connectivity index (χ4v) is 4.30. The first-order valence-electron chi connectivity index (χ1n) is 14.1. The highest BCUT2D eigenvalue weighted by Gasteiger charge is 2.16. The molecule has 0 aliphatic heterocycles. The molecule has 0 fully saturated rings. The van der Waals surface area contributed by atoms with E-state index >= 15 is 0 Å². The minimum Gasteiger partial charge on any atom is -0.467 e. The third-order valence-electron chi connectivity index (χ3n) is 7.01. The minimum absolute atomic E-state index is 0.197. The van der Waals surface area contributed by atoms with Crippen LogP contribution in [0.5, 0.6) is 0 Å². The minimum atomic E-state index is -0.256. The maximum atomic E-state index is 13.2. The summed E-state index contributed by atoms with van der Waals surface area (Å²) in [4.78, 5) is 30.6. The van der Waals surface area contributed by atoms with Crippen molar-refractivity contribution in [1.82, 2.24) is 5.32 Å². The molecule has 0 aromatic heterocycles. The Balaban J connectivity index is 1.66. The summed E-state index contributed by atoms with van der Waals surface area (Å²) in [5.41, 5.74) is 6.80. The van der Waals surface area contributed by atoms with Crippen LogP contribution in [0.4, 0.5) is 5.69 Å². The number of hydrogen-bond acceptors (Lipinski definition) is 4. The van der Waals surface area contributed by atoms with Crippen LogP contribution in [0.1, 0.15) is 62.5 Å². The number of ether oxygens (including phenoxy) is 1. The van der Waals surface area contributed by atoms with Crippen LogP contribution in [0, 0.1) is 12.8 Å². The van der Waals surface area contributed by atoms with Gasteiger partial charge in [-0.2, -0.15) is 0 Å². The highest BCUT2D eigenvalue weighted by molar-refractivity contribution is 6.19. The number of amides is 2. The lowest BCUT2D eigenvalue weighted by Crippen LogP contribution is -2.25. The number of allylic oxidation sites excluding steroid dienone is 7. The van der Waals surface area contributed by atoms with Gasteiger partial charge >= 0.3 is 0 Å². The summed E-state index contributed by atoms with van der Waals surface area (Å²) in [6, 6.07) is 14.7. The molecule has 2 aromatic rings. The van der Waals surface area contributed by atoms with Crippen molar-refractivity contribution in [2.24, 2.45) is 10.9 Å². The molecule has 0 spiro atoms. The van der Waals surface area contributed by atoms with Crippen molar-refractivity contribution in [3.8, 4) is 0 Å². The number of nitrogens with one attached hydrogen (secondary N) is 2. The van der Waals surface area contributed by atoms with Crippen molar-refractivity contribution in [3.63, 3.8) is 0 Å². The van der Waals surface area contributed by atoms with Gasteiger partial charge < -0.3 is 15.4 Å². The molecule has 0 unspecified atom stereocenters. The third kappa shape index (κ3) is 8.64.